The Bertz CT molecular complexity index is 1140. The van der Waals surface area contributed by atoms with E-state index in [0.29, 0.717) is 34.8 Å². The maximum absolute atomic E-state index is 12.3. The molecule has 168 valence electrons. The molecule has 1 amide bonds. The number of hydrogen-bond acceptors (Lipinski definition) is 6. The van der Waals surface area contributed by atoms with E-state index in [1.165, 1.54) is 6.21 Å². The highest BCUT2D eigenvalue weighted by Crippen LogP contribution is 2.19. The second kappa shape index (κ2) is 11.9. The van der Waals surface area contributed by atoms with Crippen LogP contribution in [0.4, 0.5) is 0 Å². The summed E-state index contributed by atoms with van der Waals surface area (Å²) in [6.07, 6.45) is 3.87. The number of carbonyl (C=O) groups is 2. The lowest BCUT2D eigenvalue weighted by molar-refractivity contribution is -0.123. The Hall–Kier alpha value is -4.39. The maximum atomic E-state index is 12.3. The smallest absolute Gasteiger partial charge is 0.343 e. The fraction of sp³-hybridized carbons (Fsp3) is 0.115. The Morgan fingerprint density at radius 1 is 1.00 bits per heavy atom. The number of ether oxygens (including phenoxy) is 3. The molecule has 0 aliphatic rings. The molecule has 0 aromatic heterocycles. The van der Waals surface area contributed by atoms with Gasteiger partial charge in [-0.15, -0.1) is 6.58 Å². The lowest BCUT2D eigenvalue weighted by Gasteiger charge is -2.09. The predicted octanol–water partition coefficient (Wildman–Crippen LogP) is 4.17. The fourth-order valence-corrected chi connectivity index (χ4v) is 2.87. The number of nitrogens with one attached hydrogen (secondary N) is 1. The molecule has 0 spiro atoms. The lowest BCUT2D eigenvalue weighted by atomic mass is 10.1. The summed E-state index contributed by atoms with van der Waals surface area (Å²) in [6.45, 7) is 3.54. The van der Waals surface area contributed by atoms with Gasteiger partial charge in [-0.05, 0) is 60.0 Å². The predicted molar refractivity (Wildman–Crippen MR) is 126 cm³/mol. The van der Waals surface area contributed by atoms with Gasteiger partial charge < -0.3 is 14.2 Å². The van der Waals surface area contributed by atoms with Gasteiger partial charge in [0.05, 0.1) is 18.9 Å². The van der Waals surface area contributed by atoms with Gasteiger partial charge >= 0.3 is 5.97 Å². The van der Waals surface area contributed by atoms with Crippen molar-refractivity contribution < 1.29 is 23.8 Å². The molecule has 0 heterocycles. The molecule has 7 nitrogen and oxygen atoms in total. The minimum Gasteiger partial charge on any atom is -0.497 e. The molecule has 0 atom stereocenters. The molecular weight excluding hydrogens is 420 g/mol. The standard InChI is InChI=1S/C26H24N2O5/c1-3-7-20-9-4-5-11-24(20)32-18-25(29)28-27-17-19-8-6-10-23(16-19)33-26(30)21-12-14-22(31-2)15-13-21/h3-6,8-17H,1,7,18H2,2H3,(H,28,29). The van der Waals surface area contributed by atoms with Crippen LogP contribution in [0.3, 0.4) is 0 Å². The Balaban J connectivity index is 1.52. The normalized spacial score (nSPS) is 10.5. The van der Waals surface area contributed by atoms with Gasteiger partial charge in [0.25, 0.3) is 5.91 Å². The molecule has 1 N–H and O–H groups in total. The van der Waals surface area contributed by atoms with Crippen molar-refractivity contribution in [3.63, 3.8) is 0 Å². The Morgan fingerprint density at radius 2 is 1.79 bits per heavy atom. The molecule has 0 fully saturated rings. The van der Waals surface area contributed by atoms with E-state index in [2.05, 4.69) is 17.1 Å². The van der Waals surface area contributed by atoms with Crippen molar-refractivity contribution in [1.29, 1.82) is 0 Å². The van der Waals surface area contributed by atoms with Crippen molar-refractivity contribution in [2.24, 2.45) is 5.10 Å². The zero-order chi connectivity index (χ0) is 23.5. The number of hydrogen-bond donors (Lipinski definition) is 1. The summed E-state index contributed by atoms with van der Waals surface area (Å²) in [5.41, 5.74) is 4.41. The minimum atomic E-state index is -0.492. The average molecular weight is 444 g/mol. The first kappa shape index (κ1) is 23.3. The lowest BCUT2D eigenvalue weighted by Crippen LogP contribution is -2.24. The topological polar surface area (TPSA) is 86.2 Å². The van der Waals surface area contributed by atoms with Gasteiger partial charge in [-0.2, -0.15) is 5.10 Å². The zero-order valence-corrected chi connectivity index (χ0v) is 18.2. The third-order valence-corrected chi connectivity index (χ3v) is 4.49. The van der Waals surface area contributed by atoms with Crippen LogP contribution < -0.4 is 19.6 Å². The van der Waals surface area contributed by atoms with Crippen LogP contribution in [0.15, 0.2) is 90.6 Å². The van der Waals surface area contributed by atoms with Crippen LogP contribution in [-0.2, 0) is 11.2 Å². The summed E-state index contributed by atoms with van der Waals surface area (Å²) in [5.74, 6) is 0.741. The summed E-state index contributed by atoms with van der Waals surface area (Å²) < 4.78 is 16.1. The highest BCUT2D eigenvalue weighted by Gasteiger charge is 2.09. The molecule has 3 aromatic carbocycles. The Morgan fingerprint density at radius 3 is 2.55 bits per heavy atom. The summed E-state index contributed by atoms with van der Waals surface area (Å²) in [6, 6.07) is 20.9. The maximum Gasteiger partial charge on any atom is 0.343 e. The van der Waals surface area contributed by atoms with E-state index in [1.54, 1.807) is 67.8 Å². The minimum absolute atomic E-state index is 0.176. The SMILES string of the molecule is C=CCc1ccccc1OCC(=O)NN=Cc1cccc(OC(=O)c2ccc(OC)cc2)c1. The van der Waals surface area contributed by atoms with Crippen molar-refractivity contribution in [2.45, 2.75) is 6.42 Å². The van der Waals surface area contributed by atoms with Crippen molar-refractivity contribution in [3.8, 4) is 17.2 Å². The number of para-hydroxylation sites is 1. The number of allylic oxidation sites excluding steroid dienone is 1. The fourth-order valence-electron chi connectivity index (χ4n) is 2.87. The molecule has 0 radical (unpaired) electrons. The van der Waals surface area contributed by atoms with Crippen LogP contribution in [0.5, 0.6) is 17.2 Å². The summed E-state index contributed by atoms with van der Waals surface area (Å²) in [4.78, 5) is 24.4. The van der Waals surface area contributed by atoms with Gasteiger partial charge in [0, 0.05) is 0 Å². The number of nitrogens with zero attached hydrogens (tertiary/aromatic N) is 1. The largest absolute Gasteiger partial charge is 0.497 e. The van der Waals surface area contributed by atoms with Gasteiger partial charge in [-0.1, -0.05) is 36.4 Å². The average Bonchev–Trinajstić information content (AvgIpc) is 2.84. The molecule has 0 bridgehead atoms. The van der Waals surface area contributed by atoms with Crippen LogP contribution >= 0.6 is 0 Å². The van der Waals surface area contributed by atoms with Crippen molar-refractivity contribution in [2.75, 3.05) is 13.7 Å². The number of benzene rings is 3. The van der Waals surface area contributed by atoms with Crippen LogP contribution in [0, 0.1) is 0 Å². The molecular formula is C26H24N2O5. The van der Waals surface area contributed by atoms with Crippen LogP contribution in [0.25, 0.3) is 0 Å². The van der Waals surface area contributed by atoms with Crippen molar-refractivity contribution in [3.05, 3.63) is 102 Å². The highest BCUT2D eigenvalue weighted by molar-refractivity contribution is 5.91. The van der Waals surface area contributed by atoms with Crippen molar-refractivity contribution in [1.82, 2.24) is 5.43 Å². The van der Waals surface area contributed by atoms with Gasteiger partial charge in [-0.3, -0.25) is 4.79 Å². The van der Waals surface area contributed by atoms with E-state index >= 15 is 0 Å². The van der Waals surface area contributed by atoms with Gasteiger partial charge in [0.2, 0.25) is 0 Å². The van der Waals surface area contributed by atoms with E-state index in [1.807, 2.05) is 18.2 Å². The number of methoxy groups -OCH3 is 1. The highest BCUT2D eigenvalue weighted by atomic mass is 16.5. The zero-order valence-electron chi connectivity index (χ0n) is 18.2. The first-order valence-electron chi connectivity index (χ1n) is 10.2. The molecule has 0 aliphatic carbocycles. The first-order chi connectivity index (χ1) is 16.1. The Kier molecular flexibility index (Phi) is 8.36. The van der Waals surface area contributed by atoms with Crippen LogP contribution in [-0.4, -0.2) is 31.8 Å². The number of amides is 1. The van der Waals surface area contributed by atoms with Gasteiger partial charge in [-0.25, -0.2) is 10.2 Å². The summed E-state index contributed by atoms with van der Waals surface area (Å²) >= 11 is 0. The third kappa shape index (κ3) is 7.07. The third-order valence-electron chi connectivity index (χ3n) is 4.49. The number of carbonyl (C=O) groups excluding carboxylic acids is 2. The monoisotopic (exact) mass is 444 g/mol. The second-order valence-electron chi connectivity index (χ2n) is 6.87. The van der Waals surface area contributed by atoms with E-state index < -0.39 is 11.9 Å². The molecule has 0 unspecified atom stereocenters. The summed E-state index contributed by atoms with van der Waals surface area (Å²) in [7, 11) is 1.55. The van der Waals surface area contributed by atoms with Gasteiger partial charge in [0.1, 0.15) is 17.2 Å². The summed E-state index contributed by atoms with van der Waals surface area (Å²) in [5, 5.41) is 3.94. The molecule has 0 saturated heterocycles. The number of hydrazone groups is 1. The van der Waals surface area contributed by atoms with Gasteiger partial charge in [0.15, 0.2) is 6.61 Å². The van der Waals surface area contributed by atoms with Crippen LogP contribution in [0.2, 0.25) is 0 Å². The van der Waals surface area contributed by atoms with E-state index in [-0.39, 0.29) is 6.61 Å². The van der Waals surface area contributed by atoms with E-state index in [4.69, 9.17) is 14.2 Å². The number of esters is 1. The molecule has 0 saturated carbocycles. The van der Waals surface area contributed by atoms with Crippen LogP contribution in [0.1, 0.15) is 21.5 Å². The molecule has 3 aromatic rings. The second-order valence-corrected chi connectivity index (χ2v) is 6.87. The Labute approximate surface area is 192 Å². The van der Waals surface area contributed by atoms with E-state index in [0.717, 1.165) is 5.56 Å². The molecule has 33 heavy (non-hydrogen) atoms. The molecule has 0 aliphatic heterocycles. The number of rotatable bonds is 10. The molecule has 3 rings (SSSR count). The van der Waals surface area contributed by atoms with E-state index in [9.17, 15) is 9.59 Å². The quantitative estimate of drug-likeness (QED) is 0.167. The first-order valence-corrected chi connectivity index (χ1v) is 10.2. The van der Waals surface area contributed by atoms with Crippen molar-refractivity contribution >= 4 is 18.1 Å². The molecule has 7 heteroatoms.